The highest BCUT2D eigenvalue weighted by molar-refractivity contribution is 5.34. The van der Waals surface area contributed by atoms with Crippen molar-refractivity contribution in [1.29, 1.82) is 0 Å². The Morgan fingerprint density at radius 3 is 2.77 bits per heavy atom. The highest BCUT2D eigenvalue weighted by Crippen LogP contribution is 2.06. The molecule has 0 aliphatic carbocycles. The molecule has 1 aromatic rings. The molecule has 0 fully saturated rings. The van der Waals surface area contributed by atoms with E-state index in [-0.39, 0.29) is 13.2 Å². The topological polar surface area (TPSA) is 69.5 Å². The van der Waals surface area contributed by atoms with Crippen molar-refractivity contribution >= 4 is 5.82 Å². The quantitative estimate of drug-likeness (QED) is 0.652. The van der Waals surface area contributed by atoms with Gasteiger partial charge >= 0.3 is 0 Å². The molecule has 2 N–H and O–H groups in total. The Labute approximate surface area is 76.7 Å². The first-order chi connectivity index (χ1) is 6.27. The monoisotopic (exact) mass is 183 g/mol. The summed E-state index contributed by atoms with van der Waals surface area (Å²) in [5.41, 5.74) is 0.530. The van der Waals surface area contributed by atoms with Crippen LogP contribution in [-0.2, 0) is 6.61 Å². The van der Waals surface area contributed by atoms with Gasteiger partial charge in [-0.2, -0.15) is 0 Å². The van der Waals surface area contributed by atoms with Crippen LogP contribution in [0.25, 0.3) is 0 Å². The maximum Gasteiger partial charge on any atom is 0.147 e. The van der Waals surface area contributed by atoms with Gasteiger partial charge in [-0.1, -0.05) is 0 Å². The van der Waals surface area contributed by atoms with E-state index in [2.05, 4.69) is 9.97 Å². The molecule has 1 aromatic heterocycles. The Kier molecular flexibility index (Phi) is 3.60. The molecule has 13 heavy (non-hydrogen) atoms. The highest BCUT2D eigenvalue weighted by Gasteiger charge is 2.02. The van der Waals surface area contributed by atoms with Crippen LogP contribution >= 0.6 is 0 Å². The zero-order chi connectivity index (χ0) is 9.68. The van der Waals surface area contributed by atoms with E-state index < -0.39 is 0 Å². The fourth-order valence-corrected chi connectivity index (χ4v) is 0.919. The molecule has 0 saturated carbocycles. The van der Waals surface area contributed by atoms with Crippen molar-refractivity contribution in [3.05, 3.63) is 18.1 Å². The summed E-state index contributed by atoms with van der Waals surface area (Å²) in [5, 5.41) is 17.5. The van der Waals surface area contributed by atoms with Crippen LogP contribution in [0, 0.1) is 0 Å². The van der Waals surface area contributed by atoms with Gasteiger partial charge in [-0.25, -0.2) is 4.98 Å². The van der Waals surface area contributed by atoms with E-state index in [0.29, 0.717) is 18.1 Å². The average molecular weight is 183 g/mol. The summed E-state index contributed by atoms with van der Waals surface area (Å²) < 4.78 is 0. The van der Waals surface area contributed by atoms with E-state index in [9.17, 15) is 0 Å². The highest BCUT2D eigenvalue weighted by atomic mass is 16.3. The lowest BCUT2D eigenvalue weighted by molar-refractivity contribution is 0.276. The summed E-state index contributed by atoms with van der Waals surface area (Å²) in [5.74, 6) is 0.653. The van der Waals surface area contributed by atoms with Crippen molar-refractivity contribution in [3.63, 3.8) is 0 Å². The lowest BCUT2D eigenvalue weighted by atomic mass is 10.4. The van der Waals surface area contributed by atoms with Crippen LogP contribution in [0.3, 0.4) is 0 Å². The SMILES string of the molecule is CN(CCO)c1cncc(CO)n1. The van der Waals surface area contributed by atoms with Crippen LogP contribution < -0.4 is 4.90 Å². The van der Waals surface area contributed by atoms with E-state index in [0.717, 1.165) is 0 Å². The lowest BCUT2D eigenvalue weighted by Crippen LogP contribution is -2.22. The Morgan fingerprint density at radius 2 is 2.15 bits per heavy atom. The summed E-state index contributed by atoms with van der Waals surface area (Å²) in [6.07, 6.45) is 3.10. The molecule has 72 valence electrons. The summed E-state index contributed by atoms with van der Waals surface area (Å²) in [4.78, 5) is 9.80. The van der Waals surface area contributed by atoms with Gasteiger partial charge in [-0.15, -0.1) is 0 Å². The molecule has 0 amide bonds. The summed E-state index contributed by atoms with van der Waals surface area (Å²) >= 11 is 0. The van der Waals surface area contributed by atoms with Crippen molar-refractivity contribution in [3.8, 4) is 0 Å². The molecule has 0 unspecified atom stereocenters. The molecule has 5 nitrogen and oxygen atoms in total. The van der Waals surface area contributed by atoms with Gasteiger partial charge in [0.2, 0.25) is 0 Å². The Hall–Kier alpha value is -1.20. The van der Waals surface area contributed by atoms with E-state index >= 15 is 0 Å². The maximum atomic E-state index is 8.80. The third-order valence-electron chi connectivity index (χ3n) is 1.66. The molecule has 0 spiro atoms. The largest absolute Gasteiger partial charge is 0.395 e. The number of aromatic nitrogens is 2. The predicted octanol–water partition coefficient (Wildman–Crippen LogP) is -0.603. The minimum Gasteiger partial charge on any atom is -0.395 e. The first-order valence-electron chi connectivity index (χ1n) is 4.01. The molecule has 1 rings (SSSR count). The number of hydrogen-bond acceptors (Lipinski definition) is 5. The van der Waals surface area contributed by atoms with Crippen LogP contribution in [0.2, 0.25) is 0 Å². The first kappa shape index (κ1) is 9.88. The summed E-state index contributed by atoms with van der Waals surface area (Å²) in [7, 11) is 1.81. The Morgan fingerprint density at radius 1 is 1.38 bits per heavy atom. The lowest BCUT2D eigenvalue weighted by Gasteiger charge is -2.16. The maximum absolute atomic E-state index is 8.80. The number of rotatable bonds is 4. The summed E-state index contributed by atoms with van der Waals surface area (Å²) in [6.45, 7) is 0.457. The number of likely N-dealkylation sites (N-methyl/N-ethyl adjacent to an activating group) is 1. The van der Waals surface area contributed by atoms with E-state index in [1.54, 1.807) is 18.1 Å². The normalized spacial score (nSPS) is 10.1. The molecule has 0 radical (unpaired) electrons. The van der Waals surface area contributed by atoms with Crippen LogP contribution in [0.1, 0.15) is 5.69 Å². The van der Waals surface area contributed by atoms with Crippen molar-refractivity contribution < 1.29 is 10.2 Å². The van der Waals surface area contributed by atoms with Gasteiger partial charge < -0.3 is 15.1 Å². The minimum atomic E-state index is -0.117. The standard InChI is InChI=1S/C8H13N3O2/c1-11(2-3-12)8-5-9-4-7(6-13)10-8/h4-5,12-13H,2-3,6H2,1H3. The third kappa shape index (κ3) is 2.64. The van der Waals surface area contributed by atoms with Crippen molar-refractivity contribution in [2.45, 2.75) is 6.61 Å². The molecule has 0 aliphatic rings. The van der Waals surface area contributed by atoms with E-state index in [1.165, 1.54) is 6.20 Å². The predicted molar refractivity (Wildman–Crippen MR) is 48.3 cm³/mol. The number of aliphatic hydroxyl groups excluding tert-OH is 2. The number of nitrogens with zero attached hydrogens (tertiary/aromatic N) is 3. The van der Waals surface area contributed by atoms with Crippen molar-refractivity contribution in [2.24, 2.45) is 0 Å². The van der Waals surface area contributed by atoms with Crippen LogP contribution in [0.15, 0.2) is 12.4 Å². The molecule has 0 aliphatic heterocycles. The second-order valence-corrected chi connectivity index (χ2v) is 2.67. The van der Waals surface area contributed by atoms with Gasteiger partial charge in [0.1, 0.15) is 5.82 Å². The average Bonchev–Trinajstić information content (AvgIpc) is 2.18. The number of anilines is 1. The van der Waals surface area contributed by atoms with Gasteiger partial charge in [0.05, 0.1) is 31.3 Å². The second-order valence-electron chi connectivity index (χ2n) is 2.67. The summed E-state index contributed by atoms with van der Waals surface area (Å²) in [6, 6.07) is 0. The van der Waals surface area contributed by atoms with Crippen LogP contribution in [0.5, 0.6) is 0 Å². The molecule has 0 atom stereocenters. The molecular weight excluding hydrogens is 170 g/mol. The van der Waals surface area contributed by atoms with Gasteiger partial charge in [0.15, 0.2) is 0 Å². The Balaban J connectivity index is 2.75. The van der Waals surface area contributed by atoms with E-state index in [1.807, 2.05) is 0 Å². The third-order valence-corrected chi connectivity index (χ3v) is 1.66. The van der Waals surface area contributed by atoms with Crippen LogP contribution in [-0.4, -0.2) is 40.4 Å². The van der Waals surface area contributed by atoms with Gasteiger partial charge in [-0.3, -0.25) is 4.98 Å². The van der Waals surface area contributed by atoms with Crippen LogP contribution in [0.4, 0.5) is 5.82 Å². The van der Waals surface area contributed by atoms with E-state index in [4.69, 9.17) is 10.2 Å². The zero-order valence-electron chi connectivity index (χ0n) is 7.51. The van der Waals surface area contributed by atoms with Crippen molar-refractivity contribution in [2.75, 3.05) is 25.1 Å². The molecule has 0 aromatic carbocycles. The number of aliphatic hydroxyl groups is 2. The smallest absolute Gasteiger partial charge is 0.147 e. The molecule has 1 heterocycles. The Bertz CT molecular complexity index is 267. The molecule has 0 saturated heterocycles. The molecule has 5 heteroatoms. The fraction of sp³-hybridized carbons (Fsp3) is 0.500. The van der Waals surface area contributed by atoms with Gasteiger partial charge in [0.25, 0.3) is 0 Å². The van der Waals surface area contributed by atoms with Gasteiger partial charge in [-0.05, 0) is 0 Å². The number of hydrogen-bond donors (Lipinski definition) is 2. The van der Waals surface area contributed by atoms with Crippen molar-refractivity contribution in [1.82, 2.24) is 9.97 Å². The second kappa shape index (κ2) is 4.74. The van der Waals surface area contributed by atoms with Gasteiger partial charge in [0, 0.05) is 13.6 Å². The fourth-order valence-electron chi connectivity index (χ4n) is 0.919. The minimum absolute atomic E-state index is 0.0710. The first-order valence-corrected chi connectivity index (χ1v) is 4.01. The molecule has 0 bridgehead atoms. The zero-order valence-corrected chi connectivity index (χ0v) is 7.51. The molecular formula is C8H13N3O2.